The lowest BCUT2D eigenvalue weighted by atomic mass is 10.1. The van der Waals surface area contributed by atoms with Gasteiger partial charge < -0.3 is 11.1 Å². The summed E-state index contributed by atoms with van der Waals surface area (Å²) in [6.07, 6.45) is 1.40. The molecule has 0 aliphatic rings. The van der Waals surface area contributed by atoms with Gasteiger partial charge in [-0.05, 0) is 49.7 Å². The fraction of sp³-hybridized carbons (Fsp3) is 0.0952. The van der Waals surface area contributed by atoms with Crippen LogP contribution in [-0.4, -0.2) is 30.9 Å². The number of aromatic amines is 1. The van der Waals surface area contributed by atoms with Crippen molar-refractivity contribution < 1.29 is 4.79 Å². The summed E-state index contributed by atoms with van der Waals surface area (Å²) in [6.45, 7) is 3.74. The number of nitrogens with one attached hydrogen (secondary N) is 2. The van der Waals surface area contributed by atoms with Gasteiger partial charge in [0.05, 0.1) is 11.9 Å². The van der Waals surface area contributed by atoms with Crippen molar-refractivity contribution in [3.8, 4) is 23.1 Å². The Morgan fingerprint density at radius 3 is 2.60 bits per heavy atom. The number of carbonyl (C=O) groups excluding carboxylic acids is 1. The van der Waals surface area contributed by atoms with Gasteiger partial charge in [-0.1, -0.05) is 12.1 Å². The number of H-pyrrole nitrogens is 1. The number of nitriles is 1. The van der Waals surface area contributed by atoms with Crippen LogP contribution in [0.3, 0.4) is 0 Å². The molecule has 0 radical (unpaired) electrons. The number of nitrogens with two attached hydrogens (primary N) is 1. The first-order valence-electron chi connectivity index (χ1n) is 9.11. The lowest BCUT2D eigenvalue weighted by Crippen LogP contribution is -2.13. The van der Waals surface area contributed by atoms with Gasteiger partial charge in [0.2, 0.25) is 0 Å². The molecular weight excluding hydrogens is 380 g/mol. The van der Waals surface area contributed by atoms with E-state index in [1.165, 1.54) is 10.9 Å². The third-order valence-corrected chi connectivity index (χ3v) is 4.64. The first-order chi connectivity index (χ1) is 14.5. The van der Waals surface area contributed by atoms with E-state index in [0.717, 1.165) is 17.0 Å². The highest BCUT2D eigenvalue weighted by Gasteiger charge is 2.13. The number of hydrogen-bond donors (Lipinski definition) is 3. The minimum Gasteiger partial charge on any atom is -0.382 e. The highest BCUT2D eigenvalue weighted by atomic mass is 16.1. The Labute approximate surface area is 172 Å². The fourth-order valence-corrected chi connectivity index (χ4v) is 2.97. The molecule has 4 aromatic rings. The summed E-state index contributed by atoms with van der Waals surface area (Å²) in [6, 6.07) is 14.4. The quantitative estimate of drug-likeness (QED) is 0.483. The third-order valence-electron chi connectivity index (χ3n) is 4.64. The molecule has 2 heterocycles. The molecule has 0 bridgehead atoms. The van der Waals surface area contributed by atoms with Crippen LogP contribution in [-0.2, 0) is 0 Å². The van der Waals surface area contributed by atoms with Gasteiger partial charge in [0.25, 0.3) is 5.91 Å². The lowest BCUT2D eigenvalue weighted by Gasteiger charge is -2.10. The van der Waals surface area contributed by atoms with Crippen molar-refractivity contribution in [2.75, 3.05) is 11.1 Å². The number of aryl methyl sites for hydroxylation is 2. The van der Waals surface area contributed by atoms with Gasteiger partial charge in [-0.15, -0.1) is 0 Å². The maximum Gasteiger partial charge on any atom is 0.255 e. The van der Waals surface area contributed by atoms with Gasteiger partial charge in [0.15, 0.2) is 5.82 Å². The van der Waals surface area contributed by atoms with Gasteiger partial charge in [-0.25, -0.2) is 9.67 Å². The van der Waals surface area contributed by atoms with E-state index in [9.17, 15) is 4.79 Å². The molecule has 0 spiro atoms. The Morgan fingerprint density at radius 2 is 1.97 bits per heavy atom. The van der Waals surface area contributed by atoms with Crippen LogP contribution in [0, 0.1) is 25.2 Å². The number of hydrogen-bond acceptors (Lipinski definition) is 6. The van der Waals surface area contributed by atoms with Crippen LogP contribution in [0.15, 0.2) is 48.7 Å². The summed E-state index contributed by atoms with van der Waals surface area (Å²) < 4.78 is 1.45. The minimum absolute atomic E-state index is 0.251. The van der Waals surface area contributed by atoms with Crippen LogP contribution < -0.4 is 11.1 Å². The number of benzene rings is 2. The Hall–Kier alpha value is -4.45. The van der Waals surface area contributed by atoms with Crippen LogP contribution in [0.25, 0.3) is 17.1 Å². The molecule has 0 saturated heterocycles. The molecule has 1 amide bonds. The standard InChI is InChI=1S/C21H18N8O/c1-12-3-4-15(20-25-13(2)27-28-20)9-18(12)26-21(30)14-5-7-17(8-6-14)29-19(23)16(10-22)11-24-29/h3-9,11H,23H2,1-2H3,(H,26,30)(H,25,27,28). The van der Waals surface area contributed by atoms with Gasteiger partial charge in [0.1, 0.15) is 23.3 Å². The second-order valence-electron chi connectivity index (χ2n) is 6.74. The Morgan fingerprint density at radius 1 is 1.20 bits per heavy atom. The molecule has 2 aromatic heterocycles. The van der Waals surface area contributed by atoms with Crippen LogP contribution >= 0.6 is 0 Å². The average molecular weight is 398 g/mol. The molecule has 0 atom stereocenters. The summed E-state index contributed by atoms with van der Waals surface area (Å²) in [4.78, 5) is 17.1. The Balaban J connectivity index is 1.55. The topological polar surface area (TPSA) is 138 Å². The SMILES string of the molecule is Cc1nc(-c2ccc(C)c(NC(=O)c3ccc(-n4ncc(C#N)c4N)cc3)c2)n[nH]1. The number of carbonyl (C=O) groups is 1. The lowest BCUT2D eigenvalue weighted by molar-refractivity contribution is 0.102. The maximum absolute atomic E-state index is 12.7. The zero-order chi connectivity index (χ0) is 21.3. The first-order valence-corrected chi connectivity index (χ1v) is 9.11. The highest BCUT2D eigenvalue weighted by molar-refractivity contribution is 6.05. The van der Waals surface area contributed by atoms with E-state index in [-0.39, 0.29) is 11.7 Å². The zero-order valence-corrected chi connectivity index (χ0v) is 16.3. The van der Waals surface area contributed by atoms with Gasteiger partial charge >= 0.3 is 0 Å². The van der Waals surface area contributed by atoms with Gasteiger partial charge in [-0.3, -0.25) is 9.89 Å². The summed E-state index contributed by atoms with van der Waals surface area (Å²) in [5, 5.41) is 23.0. The van der Waals surface area contributed by atoms with Crippen molar-refractivity contribution in [2.24, 2.45) is 0 Å². The van der Waals surface area contributed by atoms with Crippen molar-refractivity contribution in [1.82, 2.24) is 25.0 Å². The molecule has 0 unspecified atom stereocenters. The van der Waals surface area contributed by atoms with E-state index >= 15 is 0 Å². The normalized spacial score (nSPS) is 10.6. The minimum atomic E-state index is -0.251. The molecule has 148 valence electrons. The van der Waals surface area contributed by atoms with Gasteiger partial charge in [0, 0.05) is 16.8 Å². The van der Waals surface area contributed by atoms with Crippen LogP contribution in [0.4, 0.5) is 11.5 Å². The van der Waals surface area contributed by atoms with Crippen molar-refractivity contribution in [3.63, 3.8) is 0 Å². The largest absolute Gasteiger partial charge is 0.382 e. The van der Waals surface area contributed by atoms with Crippen molar-refractivity contribution in [2.45, 2.75) is 13.8 Å². The van der Waals surface area contributed by atoms with Crippen molar-refractivity contribution in [3.05, 3.63) is 71.2 Å². The monoisotopic (exact) mass is 398 g/mol. The van der Waals surface area contributed by atoms with E-state index in [1.807, 2.05) is 38.1 Å². The van der Waals surface area contributed by atoms with Crippen molar-refractivity contribution in [1.29, 1.82) is 5.26 Å². The first kappa shape index (κ1) is 18.9. The molecular formula is C21H18N8O. The van der Waals surface area contributed by atoms with E-state index in [0.29, 0.717) is 28.3 Å². The predicted molar refractivity (Wildman–Crippen MR) is 112 cm³/mol. The maximum atomic E-state index is 12.7. The molecule has 4 N–H and O–H groups in total. The molecule has 0 aliphatic heterocycles. The van der Waals surface area contributed by atoms with Crippen LogP contribution in [0.5, 0.6) is 0 Å². The molecule has 9 heteroatoms. The Bertz CT molecular complexity index is 1280. The fourth-order valence-electron chi connectivity index (χ4n) is 2.97. The molecule has 30 heavy (non-hydrogen) atoms. The van der Waals surface area contributed by atoms with Crippen LogP contribution in [0.2, 0.25) is 0 Å². The number of rotatable bonds is 4. The number of amides is 1. The second-order valence-corrected chi connectivity index (χ2v) is 6.74. The predicted octanol–water partition coefficient (Wildman–Crippen LogP) is 2.98. The number of anilines is 2. The number of nitrogens with zero attached hydrogens (tertiary/aromatic N) is 5. The second kappa shape index (κ2) is 7.52. The Kier molecular flexibility index (Phi) is 4.74. The van der Waals surface area contributed by atoms with Crippen LogP contribution in [0.1, 0.15) is 27.3 Å². The molecule has 0 fully saturated rings. The van der Waals surface area contributed by atoms with E-state index in [1.54, 1.807) is 24.3 Å². The van der Waals surface area contributed by atoms with Gasteiger partial charge in [-0.2, -0.15) is 15.5 Å². The molecule has 4 rings (SSSR count). The number of nitrogen functional groups attached to an aromatic ring is 1. The molecule has 0 saturated carbocycles. The molecule has 9 nitrogen and oxygen atoms in total. The molecule has 2 aromatic carbocycles. The smallest absolute Gasteiger partial charge is 0.255 e. The van der Waals surface area contributed by atoms with E-state index < -0.39 is 0 Å². The summed E-state index contributed by atoms with van der Waals surface area (Å²) in [5.41, 5.74) is 9.75. The summed E-state index contributed by atoms with van der Waals surface area (Å²) >= 11 is 0. The average Bonchev–Trinajstić information content (AvgIpc) is 3.35. The molecule has 0 aliphatic carbocycles. The van der Waals surface area contributed by atoms with E-state index in [2.05, 4.69) is 25.6 Å². The zero-order valence-electron chi connectivity index (χ0n) is 16.3. The van der Waals surface area contributed by atoms with E-state index in [4.69, 9.17) is 11.0 Å². The third kappa shape index (κ3) is 3.49. The van der Waals surface area contributed by atoms with Crippen molar-refractivity contribution >= 4 is 17.4 Å². The highest BCUT2D eigenvalue weighted by Crippen LogP contribution is 2.24. The number of aromatic nitrogens is 5. The summed E-state index contributed by atoms with van der Waals surface area (Å²) in [7, 11) is 0. The summed E-state index contributed by atoms with van der Waals surface area (Å²) in [5.74, 6) is 1.29.